The van der Waals surface area contributed by atoms with Gasteiger partial charge in [-0.3, -0.25) is 9.88 Å². The number of aromatic nitrogens is 3. The highest BCUT2D eigenvalue weighted by molar-refractivity contribution is 6.30. The number of imidazole rings is 1. The van der Waals surface area contributed by atoms with Crippen molar-refractivity contribution in [1.29, 1.82) is 0 Å². The molecule has 42 heavy (non-hydrogen) atoms. The van der Waals surface area contributed by atoms with Crippen LogP contribution in [0.25, 0.3) is 11.0 Å². The van der Waals surface area contributed by atoms with Gasteiger partial charge in [0.1, 0.15) is 11.5 Å². The number of rotatable bonds is 7. The minimum Gasteiger partial charge on any atom is -0.478 e. The first kappa shape index (κ1) is 28.5. The number of nitrogens with zero attached hydrogens (tertiary/aromatic N) is 4. The number of likely N-dealkylation sites (tertiary alicyclic amines) is 1. The number of hydrogen-bond donors (Lipinski definition) is 1. The highest BCUT2D eigenvalue weighted by atomic mass is 35.5. The molecule has 220 valence electrons. The molecule has 3 aliphatic heterocycles. The molecule has 0 spiro atoms. The molecule has 1 N–H and O–H groups in total. The Balaban J connectivity index is 0.00000155. The number of hydrogen-bond acceptors (Lipinski definition) is 7. The van der Waals surface area contributed by atoms with Gasteiger partial charge in [0.05, 0.1) is 40.8 Å². The summed E-state index contributed by atoms with van der Waals surface area (Å²) < 4.78 is 20.2. The maximum absolute atomic E-state index is 11.6. The van der Waals surface area contributed by atoms with Gasteiger partial charge in [0, 0.05) is 18.4 Å². The van der Waals surface area contributed by atoms with Crippen LogP contribution in [0.3, 0.4) is 0 Å². The van der Waals surface area contributed by atoms with Gasteiger partial charge in [-0.15, -0.1) is 0 Å². The summed E-state index contributed by atoms with van der Waals surface area (Å²) in [5.74, 6) is 1.92. The summed E-state index contributed by atoms with van der Waals surface area (Å²) in [6, 6.07) is 14.9. The Hall–Kier alpha value is -3.66. The summed E-state index contributed by atoms with van der Waals surface area (Å²) in [5.41, 5.74) is 3.79. The lowest BCUT2D eigenvalue weighted by Gasteiger charge is -2.33. The molecule has 2 fully saturated rings. The standard InChI is InChI=1S/C30H29ClN4O5.C2H6/c31-20-5-7-24(32-15-20)30-39-26-3-1-2-22(28(26)40-30)18-8-11-34(12-9-18)17-27-33-23-6-4-19(29(36)37)14-25(23)35(27)16-21-10-13-38-21;1-2/h1-7,14-15,18,21,30H,8-13,16-17H2,(H,36,37);1-2H3. The Morgan fingerprint density at radius 2 is 1.88 bits per heavy atom. The molecule has 9 nitrogen and oxygen atoms in total. The summed E-state index contributed by atoms with van der Waals surface area (Å²) in [6.45, 7) is 7.99. The van der Waals surface area contributed by atoms with Crippen LogP contribution in [-0.2, 0) is 17.8 Å². The number of fused-ring (bicyclic) bond motifs is 2. The number of carboxylic acids is 1. The number of para-hydroxylation sites is 1. The maximum Gasteiger partial charge on any atom is 0.335 e. The zero-order chi connectivity index (χ0) is 29.2. The lowest BCUT2D eigenvalue weighted by Crippen LogP contribution is -2.35. The third kappa shape index (κ3) is 5.69. The van der Waals surface area contributed by atoms with E-state index in [2.05, 4.69) is 20.5 Å². The quantitative estimate of drug-likeness (QED) is 0.262. The average Bonchev–Trinajstić information content (AvgIpc) is 3.57. The molecule has 3 aliphatic rings. The number of carboxylic acid groups (broad SMARTS) is 1. The Labute approximate surface area is 250 Å². The van der Waals surface area contributed by atoms with E-state index in [0.717, 1.165) is 67.3 Å². The van der Waals surface area contributed by atoms with Crippen molar-refractivity contribution in [2.45, 2.75) is 64.5 Å². The van der Waals surface area contributed by atoms with Gasteiger partial charge in [-0.05, 0) is 74.7 Å². The van der Waals surface area contributed by atoms with Crippen LogP contribution in [0.2, 0.25) is 5.02 Å². The molecular weight excluding hydrogens is 556 g/mol. The molecule has 0 aliphatic carbocycles. The van der Waals surface area contributed by atoms with Crippen molar-refractivity contribution in [3.8, 4) is 11.5 Å². The Kier molecular flexibility index (Phi) is 8.33. The molecule has 2 atom stereocenters. The number of carbonyl (C=O) groups is 1. The minimum atomic E-state index is -0.935. The van der Waals surface area contributed by atoms with Crippen LogP contribution in [0, 0.1) is 0 Å². The van der Waals surface area contributed by atoms with Crippen LogP contribution in [0.1, 0.15) is 72.8 Å². The molecule has 2 aromatic carbocycles. The fourth-order valence-electron chi connectivity index (χ4n) is 5.83. The van der Waals surface area contributed by atoms with Crippen LogP contribution in [0.4, 0.5) is 0 Å². The molecule has 0 saturated carbocycles. The molecule has 2 aromatic heterocycles. The number of piperidine rings is 1. The number of ether oxygens (including phenoxy) is 3. The van der Waals surface area contributed by atoms with E-state index < -0.39 is 12.3 Å². The first-order valence-electron chi connectivity index (χ1n) is 14.7. The smallest absolute Gasteiger partial charge is 0.335 e. The van der Waals surface area contributed by atoms with Gasteiger partial charge < -0.3 is 23.9 Å². The van der Waals surface area contributed by atoms with E-state index in [1.165, 1.54) is 5.56 Å². The first-order valence-corrected chi connectivity index (χ1v) is 15.0. The summed E-state index contributed by atoms with van der Waals surface area (Å²) in [5, 5.41) is 10.1. The zero-order valence-corrected chi connectivity index (χ0v) is 24.6. The lowest BCUT2D eigenvalue weighted by molar-refractivity contribution is -0.0592. The number of pyridine rings is 1. The molecule has 5 heterocycles. The van der Waals surface area contributed by atoms with Crippen LogP contribution in [-0.4, -0.2) is 56.3 Å². The van der Waals surface area contributed by atoms with E-state index in [-0.39, 0.29) is 11.7 Å². The monoisotopic (exact) mass is 590 g/mol. The fourth-order valence-corrected chi connectivity index (χ4v) is 5.94. The van der Waals surface area contributed by atoms with Crippen molar-refractivity contribution in [1.82, 2.24) is 19.4 Å². The van der Waals surface area contributed by atoms with Gasteiger partial charge in [0.25, 0.3) is 6.29 Å². The third-order valence-electron chi connectivity index (χ3n) is 8.11. The van der Waals surface area contributed by atoms with Gasteiger partial charge in [0.15, 0.2) is 11.5 Å². The van der Waals surface area contributed by atoms with Gasteiger partial charge in [-0.25, -0.2) is 9.78 Å². The number of halogens is 1. The molecule has 0 radical (unpaired) electrons. The Morgan fingerprint density at radius 1 is 1.07 bits per heavy atom. The van der Waals surface area contributed by atoms with Gasteiger partial charge in [-0.2, -0.15) is 0 Å². The molecule has 2 saturated heterocycles. The van der Waals surface area contributed by atoms with Gasteiger partial charge in [0.2, 0.25) is 0 Å². The summed E-state index contributed by atoms with van der Waals surface area (Å²) in [4.78, 5) is 23.3. The van der Waals surface area contributed by atoms with Crippen LogP contribution < -0.4 is 9.47 Å². The molecular formula is C32H35ClN4O5. The summed E-state index contributed by atoms with van der Waals surface area (Å²) in [6.07, 6.45) is 4.14. The van der Waals surface area contributed by atoms with Gasteiger partial charge >= 0.3 is 5.97 Å². The fraction of sp³-hybridized carbons (Fsp3) is 0.406. The molecule has 2 unspecified atom stereocenters. The minimum absolute atomic E-state index is 0.143. The third-order valence-corrected chi connectivity index (χ3v) is 8.33. The van der Waals surface area contributed by atoms with E-state index in [9.17, 15) is 9.90 Å². The molecule has 0 bridgehead atoms. The maximum atomic E-state index is 11.6. The van der Waals surface area contributed by atoms with Crippen LogP contribution in [0.15, 0.2) is 54.7 Å². The molecule has 4 aromatic rings. The van der Waals surface area contributed by atoms with E-state index in [1.807, 2.05) is 32.0 Å². The highest BCUT2D eigenvalue weighted by Crippen LogP contribution is 2.47. The van der Waals surface area contributed by atoms with E-state index in [1.54, 1.807) is 30.5 Å². The average molecular weight is 591 g/mol. The van der Waals surface area contributed by atoms with Crippen molar-refractivity contribution in [2.75, 3.05) is 19.7 Å². The van der Waals surface area contributed by atoms with E-state index >= 15 is 0 Å². The molecule has 7 rings (SSSR count). The van der Waals surface area contributed by atoms with Crippen molar-refractivity contribution >= 4 is 28.6 Å². The lowest BCUT2D eigenvalue weighted by atomic mass is 9.88. The zero-order valence-electron chi connectivity index (χ0n) is 23.8. The largest absolute Gasteiger partial charge is 0.478 e. The number of aromatic carboxylic acids is 1. The van der Waals surface area contributed by atoms with E-state index in [0.29, 0.717) is 29.7 Å². The summed E-state index contributed by atoms with van der Waals surface area (Å²) in [7, 11) is 0. The first-order chi connectivity index (χ1) is 20.5. The van der Waals surface area contributed by atoms with E-state index in [4.69, 9.17) is 30.8 Å². The second-order valence-electron chi connectivity index (χ2n) is 10.6. The molecule has 10 heteroatoms. The van der Waals surface area contributed by atoms with Crippen molar-refractivity contribution < 1.29 is 24.1 Å². The second-order valence-corrected chi connectivity index (χ2v) is 11.1. The highest BCUT2D eigenvalue weighted by Gasteiger charge is 2.33. The number of benzene rings is 2. The molecule has 0 amide bonds. The topological polar surface area (TPSA) is 98.9 Å². The van der Waals surface area contributed by atoms with Crippen LogP contribution in [0.5, 0.6) is 11.5 Å². The predicted octanol–water partition coefficient (Wildman–Crippen LogP) is 6.45. The summed E-state index contributed by atoms with van der Waals surface area (Å²) >= 11 is 5.99. The second kappa shape index (κ2) is 12.3. The van der Waals surface area contributed by atoms with Crippen LogP contribution >= 0.6 is 11.6 Å². The van der Waals surface area contributed by atoms with Crippen molar-refractivity contribution in [3.63, 3.8) is 0 Å². The van der Waals surface area contributed by atoms with Crippen molar-refractivity contribution in [3.05, 3.63) is 82.4 Å². The van der Waals surface area contributed by atoms with Gasteiger partial charge in [-0.1, -0.05) is 37.6 Å². The Morgan fingerprint density at radius 3 is 2.57 bits per heavy atom. The SMILES string of the molecule is CC.O=C(O)c1ccc2nc(CN3CCC(c4cccc5c4OC(c4ccc(Cl)cn4)O5)CC3)n(CC3CCO3)c2c1. The predicted molar refractivity (Wildman–Crippen MR) is 159 cm³/mol. The van der Waals surface area contributed by atoms with Crippen molar-refractivity contribution in [2.24, 2.45) is 0 Å². The normalized spacial score (nSPS) is 20.2. The Bertz CT molecular complexity index is 1560.